The number of primary amides is 1. The summed E-state index contributed by atoms with van der Waals surface area (Å²) in [5.74, 6) is -0.316. The molecule has 1 saturated heterocycles. The molecule has 1 heterocycles. The van der Waals surface area contributed by atoms with Crippen molar-refractivity contribution >= 4 is 49.8 Å². The Bertz CT molecular complexity index is 1360. The average molecular weight is 454 g/mol. The van der Waals surface area contributed by atoms with Crippen molar-refractivity contribution in [3.63, 3.8) is 0 Å². The summed E-state index contributed by atoms with van der Waals surface area (Å²) in [6.45, 7) is 1.83. The molecule has 1 fully saturated rings. The van der Waals surface area contributed by atoms with Gasteiger partial charge in [-0.05, 0) is 71.8 Å². The first-order valence-corrected chi connectivity index (χ1v) is 12.3. The van der Waals surface area contributed by atoms with Crippen LogP contribution in [0.2, 0.25) is 0 Å². The van der Waals surface area contributed by atoms with E-state index < -0.39 is 0 Å². The number of rotatable bonds is 7. The van der Waals surface area contributed by atoms with Gasteiger partial charge in [0.25, 0.3) is 0 Å². The Kier molecular flexibility index (Phi) is 6.45. The van der Waals surface area contributed by atoms with Crippen LogP contribution in [0.3, 0.4) is 0 Å². The van der Waals surface area contributed by atoms with Crippen LogP contribution in [0.4, 0.5) is 5.69 Å². The van der Waals surface area contributed by atoms with E-state index in [-0.39, 0.29) is 17.9 Å². The van der Waals surface area contributed by atoms with Crippen molar-refractivity contribution in [1.82, 2.24) is 4.90 Å². The molecule has 1 atom stereocenters. The first kappa shape index (κ1) is 22.4. The lowest BCUT2D eigenvalue weighted by Gasteiger charge is -2.32. The van der Waals surface area contributed by atoms with Crippen LogP contribution in [0.25, 0.3) is 32.3 Å². The Morgan fingerprint density at radius 2 is 1.47 bits per heavy atom. The molecule has 4 aromatic carbocycles. The van der Waals surface area contributed by atoms with Crippen molar-refractivity contribution in [2.45, 2.75) is 44.6 Å². The summed E-state index contributed by atoms with van der Waals surface area (Å²) >= 11 is 0. The standard InChI is InChI=1S/C29H31N3O2/c30-29(34)27(32-18-4-1-5-19-32)12-7-13-28(33)31-26-11-6-10-22-24-15-14-20-8-2-3-9-21(20)23(24)16-17-25(22)26/h2-3,6,8-11,14-17,27H,1,4-5,7,12-13,18-19H2,(H2,30,34)(H,31,33). The minimum Gasteiger partial charge on any atom is -0.368 e. The molecule has 0 saturated carbocycles. The number of hydrogen-bond acceptors (Lipinski definition) is 3. The largest absolute Gasteiger partial charge is 0.368 e. The molecule has 3 N–H and O–H groups in total. The zero-order valence-corrected chi connectivity index (χ0v) is 19.4. The maximum atomic E-state index is 12.8. The molecule has 0 spiro atoms. The third-order valence-electron chi connectivity index (χ3n) is 7.10. The summed E-state index contributed by atoms with van der Waals surface area (Å²) in [6.07, 6.45) is 5.05. The van der Waals surface area contributed by atoms with Crippen LogP contribution in [-0.4, -0.2) is 35.8 Å². The van der Waals surface area contributed by atoms with Crippen LogP contribution in [0.5, 0.6) is 0 Å². The van der Waals surface area contributed by atoms with Gasteiger partial charge in [0, 0.05) is 17.5 Å². The smallest absolute Gasteiger partial charge is 0.234 e. The van der Waals surface area contributed by atoms with Gasteiger partial charge >= 0.3 is 0 Å². The molecule has 5 heteroatoms. The fraction of sp³-hybridized carbons (Fsp3) is 0.310. The van der Waals surface area contributed by atoms with E-state index in [0.717, 1.165) is 42.4 Å². The van der Waals surface area contributed by atoms with Gasteiger partial charge < -0.3 is 11.1 Å². The second-order valence-electron chi connectivity index (χ2n) is 9.30. The van der Waals surface area contributed by atoms with Crippen LogP contribution in [0, 0.1) is 0 Å². The van der Waals surface area contributed by atoms with Gasteiger partial charge in [0.05, 0.1) is 6.04 Å². The molecule has 1 aliphatic heterocycles. The maximum Gasteiger partial charge on any atom is 0.234 e. The molecule has 1 aliphatic rings. The molecule has 34 heavy (non-hydrogen) atoms. The molecule has 2 amide bonds. The Labute approximate surface area is 199 Å². The third-order valence-corrected chi connectivity index (χ3v) is 7.10. The maximum absolute atomic E-state index is 12.8. The van der Waals surface area contributed by atoms with Gasteiger partial charge in [-0.2, -0.15) is 0 Å². The number of nitrogens with zero attached hydrogens (tertiary/aromatic N) is 1. The van der Waals surface area contributed by atoms with Crippen LogP contribution >= 0.6 is 0 Å². The Morgan fingerprint density at radius 3 is 2.29 bits per heavy atom. The van der Waals surface area contributed by atoms with Gasteiger partial charge in [0.1, 0.15) is 0 Å². The molecule has 1 unspecified atom stereocenters. The fourth-order valence-electron chi connectivity index (χ4n) is 5.37. The van der Waals surface area contributed by atoms with E-state index in [0.29, 0.717) is 19.3 Å². The molecule has 0 aromatic heterocycles. The molecule has 5 rings (SSSR count). The molecular weight excluding hydrogens is 422 g/mol. The normalized spacial score (nSPS) is 15.5. The predicted molar refractivity (Wildman–Crippen MR) is 140 cm³/mol. The van der Waals surface area contributed by atoms with Gasteiger partial charge in [-0.15, -0.1) is 0 Å². The van der Waals surface area contributed by atoms with Gasteiger partial charge in [-0.25, -0.2) is 0 Å². The first-order valence-electron chi connectivity index (χ1n) is 12.3. The number of fused-ring (bicyclic) bond motifs is 5. The number of nitrogens with one attached hydrogen (secondary N) is 1. The topological polar surface area (TPSA) is 75.4 Å². The lowest BCUT2D eigenvalue weighted by atomic mass is 9.96. The van der Waals surface area contributed by atoms with E-state index in [1.165, 1.54) is 28.0 Å². The summed E-state index contributed by atoms with van der Waals surface area (Å²) in [4.78, 5) is 26.9. The number of likely N-dealkylation sites (tertiary alicyclic amines) is 1. The summed E-state index contributed by atoms with van der Waals surface area (Å²) in [5, 5.41) is 10.1. The van der Waals surface area contributed by atoms with Crippen LogP contribution in [0.15, 0.2) is 66.7 Å². The minimum atomic E-state index is -0.282. The number of anilines is 1. The highest BCUT2D eigenvalue weighted by Gasteiger charge is 2.25. The highest BCUT2D eigenvalue weighted by atomic mass is 16.2. The van der Waals surface area contributed by atoms with Gasteiger partial charge in [-0.1, -0.05) is 67.1 Å². The number of nitrogens with two attached hydrogens (primary N) is 1. The molecule has 0 aliphatic carbocycles. The van der Waals surface area contributed by atoms with Crippen LogP contribution < -0.4 is 11.1 Å². The van der Waals surface area contributed by atoms with Gasteiger partial charge in [-0.3, -0.25) is 14.5 Å². The van der Waals surface area contributed by atoms with Crippen LogP contribution in [0.1, 0.15) is 38.5 Å². The molecule has 0 radical (unpaired) electrons. The number of carbonyl (C=O) groups is 2. The minimum absolute atomic E-state index is 0.0343. The van der Waals surface area contributed by atoms with Crippen molar-refractivity contribution in [3.05, 3.63) is 66.7 Å². The second kappa shape index (κ2) is 9.82. The van der Waals surface area contributed by atoms with Gasteiger partial charge in [0.2, 0.25) is 11.8 Å². The number of piperidine rings is 1. The predicted octanol–water partition coefficient (Wildman–Crippen LogP) is 5.59. The number of benzene rings is 4. The monoisotopic (exact) mass is 453 g/mol. The van der Waals surface area contributed by atoms with E-state index >= 15 is 0 Å². The quantitative estimate of drug-likeness (QED) is 0.358. The first-order chi connectivity index (χ1) is 16.6. The molecule has 5 nitrogen and oxygen atoms in total. The Balaban J connectivity index is 1.31. The van der Waals surface area contributed by atoms with Crippen LogP contribution in [-0.2, 0) is 9.59 Å². The Hall–Kier alpha value is -3.44. The Morgan fingerprint density at radius 1 is 0.794 bits per heavy atom. The van der Waals surface area contributed by atoms with Crippen molar-refractivity contribution in [2.75, 3.05) is 18.4 Å². The lowest BCUT2D eigenvalue weighted by molar-refractivity contribution is -0.124. The average Bonchev–Trinajstić information content (AvgIpc) is 2.86. The van der Waals surface area contributed by atoms with E-state index in [1.54, 1.807) is 0 Å². The van der Waals surface area contributed by atoms with Gasteiger partial charge in [0.15, 0.2) is 0 Å². The van der Waals surface area contributed by atoms with Crippen molar-refractivity contribution < 1.29 is 9.59 Å². The molecule has 174 valence electrons. The lowest BCUT2D eigenvalue weighted by Crippen LogP contribution is -2.47. The number of amides is 2. The highest BCUT2D eigenvalue weighted by Crippen LogP contribution is 2.34. The summed E-state index contributed by atoms with van der Waals surface area (Å²) in [5.41, 5.74) is 6.49. The van der Waals surface area contributed by atoms with E-state index in [9.17, 15) is 9.59 Å². The number of carbonyl (C=O) groups excluding carboxylic acids is 2. The molecule has 4 aromatic rings. The number of hydrogen-bond donors (Lipinski definition) is 2. The molecular formula is C29H31N3O2. The fourth-order valence-corrected chi connectivity index (χ4v) is 5.37. The zero-order chi connectivity index (χ0) is 23.5. The van der Waals surface area contributed by atoms with Crippen molar-refractivity contribution in [3.8, 4) is 0 Å². The third kappa shape index (κ3) is 4.48. The van der Waals surface area contributed by atoms with Crippen molar-refractivity contribution in [2.24, 2.45) is 5.73 Å². The molecule has 0 bridgehead atoms. The summed E-state index contributed by atoms with van der Waals surface area (Å²) < 4.78 is 0. The second-order valence-corrected chi connectivity index (χ2v) is 9.30. The van der Waals surface area contributed by atoms with E-state index in [2.05, 4.69) is 64.8 Å². The van der Waals surface area contributed by atoms with E-state index in [1.807, 2.05) is 12.1 Å². The SMILES string of the molecule is NC(=O)C(CCCC(=O)Nc1cccc2c1ccc1c3ccccc3ccc21)N1CCCCC1. The summed E-state index contributed by atoms with van der Waals surface area (Å²) in [6, 6.07) is 22.7. The zero-order valence-electron chi connectivity index (χ0n) is 19.4. The van der Waals surface area contributed by atoms with Crippen molar-refractivity contribution in [1.29, 1.82) is 0 Å². The summed E-state index contributed by atoms with van der Waals surface area (Å²) in [7, 11) is 0. The van der Waals surface area contributed by atoms with E-state index in [4.69, 9.17) is 5.73 Å². The highest BCUT2D eigenvalue weighted by molar-refractivity contribution is 6.19.